The van der Waals surface area contributed by atoms with E-state index >= 15 is 0 Å². The molecule has 0 amide bonds. The van der Waals surface area contributed by atoms with Crippen LogP contribution in [0.4, 0.5) is 11.4 Å². The normalized spacial score (nSPS) is 11.4. The third-order valence-electron chi connectivity index (χ3n) is 10.8. The highest BCUT2D eigenvalue weighted by atomic mass is 16.4. The van der Waals surface area contributed by atoms with Crippen molar-refractivity contribution in [1.82, 2.24) is 9.97 Å². The summed E-state index contributed by atoms with van der Waals surface area (Å²) in [5.41, 5.74) is 14.2. The SMILES string of the molecule is CN(C)c1ccc(-c2nc(-c3ccc(C=Cc4ccc(C=Cc5ccc(-c6nc(-c7ccc(N(C)C)cc7)c(-c7ccccc7)o6)cc5)cc4)cc3)oc2-c2ccccc2)cc1. The Bertz CT molecular complexity index is 2740. The van der Waals surface area contributed by atoms with Gasteiger partial charge in [0, 0.05) is 72.9 Å². The van der Waals surface area contributed by atoms with Crippen molar-refractivity contribution in [1.29, 1.82) is 0 Å². The molecule has 302 valence electrons. The van der Waals surface area contributed by atoms with E-state index in [9.17, 15) is 0 Å². The zero-order chi connectivity index (χ0) is 42.4. The molecular weight excluding hydrogens is 761 g/mol. The second-order valence-corrected chi connectivity index (χ2v) is 15.6. The summed E-state index contributed by atoms with van der Waals surface area (Å²) < 4.78 is 12.9. The van der Waals surface area contributed by atoms with Gasteiger partial charge in [0.15, 0.2) is 11.5 Å². The Hall–Kier alpha value is -7.96. The van der Waals surface area contributed by atoms with Crippen LogP contribution in [0.1, 0.15) is 22.3 Å². The molecule has 6 nitrogen and oxygen atoms in total. The fourth-order valence-corrected chi connectivity index (χ4v) is 7.26. The number of hydrogen-bond donors (Lipinski definition) is 0. The van der Waals surface area contributed by atoms with Gasteiger partial charge in [0.05, 0.1) is 0 Å². The van der Waals surface area contributed by atoms with Crippen molar-refractivity contribution in [2.45, 2.75) is 0 Å². The van der Waals surface area contributed by atoms with Crippen LogP contribution in [0, 0.1) is 0 Å². The number of rotatable bonds is 12. The highest BCUT2D eigenvalue weighted by Gasteiger charge is 2.20. The van der Waals surface area contributed by atoms with Gasteiger partial charge in [-0.05, 0) is 70.8 Å². The fourth-order valence-electron chi connectivity index (χ4n) is 7.26. The zero-order valence-corrected chi connectivity index (χ0v) is 35.2. The smallest absolute Gasteiger partial charge is 0.227 e. The lowest BCUT2D eigenvalue weighted by Crippen LogP contribution is -2.07. The van der Waals surface area contributed by atoms with E-state index in [1.54, 1.807) is 0 Å². The molecule has 2 aromatic heterocycles. The third kappa shape index (κ3) is 8.81. The molecule has 7 aromatic carbocycles. The molecule has 62 heavy (non-hydrogen) atoms. The van der Waals surface area contributed by atoms with Crippen molar-refractivity contribution in [3.8, 4) is 68.1 Å². The van der Waals surface area contributed by atoms with Crippen molar-refractivity contribution in [3.05, 3.63) is 204 Å². The van der Waals surface area contributed by atoms with E-state index in [0.717, 1.165) is 89.9 Å². The van der Waals surface area contributed by atoms with Gasteiger partial charge in [0.1, 0.15) is 11.4 Å². The number of hydrogen-bond acceptors (Lipinski definition) is 6. The number of oxazole rings is 2. The maximum atomic E-state index is 6.46. The molecule has 9 rings (SSSR count). The average molecular weight is 807 g/mol. The Balaban J connectivity index is 0.863. The molecular formula is C56H46N4O2. The van der Waals surface area contributed by atoms with Crippen LogP contribution in [0.25, 0.3) is 92.4 Å². The van der Waals surface area contributed by atoms with Crippen molar-refractivity contribution in [3.63, 3.8) is 0 Å². The zero-order valence-electron chi connectivity index (χ0n) is 35.2. The van der Waals surface area contributed by atoms with Crippen LogP contribution in [0.5, 0.6) is 0 Å². The van der Waals surface area contributed by atoms with Crippen molar-refractivity contribution in [2.75, 3.05) is 38.0 Å². The Morgan fingerprint density at radius 2 is 0.613 bits per heavy atom. The summed E-state index contributed by atoms with van der Waals surface area (Å²) in [5.74, 6) is 2.70. The summed E-state index contributed by atoms with van der Waals surface area (Å²) >= 11 is 0. The fraction of sp³-hybridized carbons (Fsp3) is 0.0714. The second-order valence-electron chi connectivity index (χ2n) is 15.6. The molecule has 6 heteroatoms. The van der Waals surface area contributed by atoms with Gasteiger partial charge in [-0.2, -0.15) is 0 Å². The standard InChI is InChI=1S/C56H46N4O2/c1-59(2)49-35-31-43(32-36-49)51-53(45-11-7-5-8-12-45)61-55(57-51)47-27-23-41(24-28-47)21-19-39-15-17-40(18-16-39)20-22-42-25-29-48(30-26-42)56-58-52(44-33-37-50(38-34-44)60(3)4)54(62-56)46-13-9-6-10-14-46/h5-38H,1-4H3. The molecule has 0 bridgehead atoms. The van der Waals surface area contributed by atoms with Crippen LogP contribution in [0.3, 0.4) is 0 Å². The summed E-state index contributed by atoms with van der Waals surface area (Å²) in [6.07, 6.45) is 8.51. The first-order chi connectivity index (χ1) is 30.3. The highest BCUT2D eigenvalue weighted by molar-refractivity contribution is 5.82. The van der Waals surface area contributed by atoms with Crippen LogP contribution in [-0.4, -0.2) is 38.2 Å². The summed E-state index contributed by atoms with van der Waals surface area (Å²) in [7, 11) is 8.16. The Morgan fingerprint density at radius 1 is 0.323 bits per heavy atom. The molecule has 0 spiro atoms. The van der Waals surface area contributed by atoms with Crippen LogP contribution in [0.2, 0.25) is 0 Å². The molecule has 0 unspecified atom stereocenters. The Kier molecular flexibility index (Phi) is 11.3. The number of nitrogens with zero attached hydrogens (tertiary/aromatic N) is 4. The molecule has 0 aliphatic rings. The van der Waals surface area contributed by atoms with Gasteiger partial charge < -0.3 is 18.6 Å². The quantitative estimate of drug-likeness (QED) is 0.115. The second kappa shape index (κ2) is 17.7. The van der Waals surface area contributed by atoms with E-state index in [4.69, 9.17) is 18.8 Å². The summed E-state index contributed by atoms with van der Waals surface area (Å²) in [4.78, 5) is 14.2. The van der Waals surface area contributed by atoms with Gasteiger partial charge in [0.2, 0.25) is 11.8 Å². The first-order valence-corrected chi connectivity index (χ1v) is 20.7. The molecule has 0 aliphatic heterocycles. The first kappa shape index (κ1) is 39.5. The van der Waals surface area contributed by atoms with Gasteiger partial charge in [-0.15, -0.1) is 0 Å². The van der Waals surface area contributed by atoms with Crippen molar-refractivity contribution < 1.29 is 8.83 Å². The molecule has 2 heterocycles. The minimum Gasteiger partial charge on any atom is -0.435 e. The summed E-state index contributed by atoms with van der Waals surface area (Å²) in [5, 5.41) is 0. The minimum atomic E-state index is 0.592. The maximum Gasteiger partial charge on any atom is 0.227 e. The molecule has 0 aliphatic carbocycles. The summed E-state index contributed by atoms with van der Waals surface area (Å²) in [6, 6.07) is 62.3. The first-order valence-electron chi connectivity index (χ1n) is 20.7. The monoisotopic (exact) mass is 806 g/mol. The lowest BCUT2D eigenvalue weighted by atomic mass is 10.1. The predicted molar refractivity (Wildman–Crippen MR) is 259 cm³/mol. The lowest BCUT2D eigenvalue weighted by Gasteiger charge is -2.12. The van der Waals surface area contributed by atoms with Gasteiger partial charge in [-0.3, -0.25) is 0 Å². The highest BCUT2D eigenvalue weighted by Crippen LogP contribution is 2.38. The van der Waals surface area contributed by atoms with Gasteiger partial charge >= 0.3 is 0 Å². The summed E-state index contributed by atoms with van der Waals surface area (Å²) in [6.45, 7) is 0. The van der Waals surface area contributed by atoms with Gasteiger partial charge in [0.25, 0.3) is 0 Å². The van der Waals surface area contributed by atoms with Crippen molar-refractivity contribution >= 4 is 35.7 Å². The predicted octanol–water partition coefficient (Wildman–Crippen LogP) is 14.1. The lowest BCUT2D eigenvalue weighted by molar-refractivity contribution is 0.589. The van der Waals surface area contributed by atoms with E-state index in [-0.39, 0.29) is 0 Å². The van der Waals surface area contributed by atoms with E-state index < -0.39 is 0 Å². The molecule has 0 radical (unpaired) electrons. The van der Waals surface area contributed by atoms with E-state index in [1.165, 1.54) is 0 Å². The van der Waals surface area contributed by atoms with E-state index in [0.29, 0.717) is 11.8 Å². The minimum absolute atomic E-state index is 0.592. The van der Waals surface area contributed by atoms with Crippen LogP contribution < -0.4 is 9.80 Å². The van der Waals surface area contributed by atoms with Crippen LogP contribution in [0.15, 0.2) is 191 Å². The maximum absolute atomic E-state index is 6.46. The molecule has 9 aromatic rings. The molecule has 0 saturated carbocycles. The molecule has 0 fully saturated rings. The number of anilines is 2. The van der Waals surface area contributed by atoms with Crippen LogP contribution in [-0.2, 0) is 0 Å². The molecule has 0 saturated heterocycles. The average Bonchev–Trinajstić information content (AvgIpc) is 3.98. The topological polar surface area (TPSA) is 58.5 Å². The van der Waals surface area contributed by atoms with Crippen molar-refractivity contribution in [2.24, 2.45) is 0 Å². The Morgan fingerprint density at radius 3 is 0.919 bits per heavy atom. The Labute approximate surface area is 363 Å². The largest absolute Gasteiger partial charge is 0.435 e. The van der Waals surface area contributed by atoms with Gasteiger partial charge in [-0.25, -0.2) is 9.97 Å². The van der Waals surface area contributed by atoms with E-state index in [1.807, 2.05) is 64.6 Å². The molecule has 0 N–H and O–H groups in total. The number of aromatic nitrogens is 2. The van der Waals surface area contributed by atoms with Gasteiger partial charge in [-0.1, -0.05) is 158 Å². The third-order valence-corrected chi connectivity index (χ3v) is 10.8. The number of benzene rings is 7. The van der Waals surface area contributed by atoms with E-state index in [2.05, 4.69) is 180 Å². The van der Waals surface area contributed by atoms with Crippen LogP contribution >= 0.6 is 0 Å². The molecule has 0 atom stereocenters.